The number of thioether (sulfide) groups is 1. The van der Waals surface area contributed by atoms with Crippen LogP contribution >= 0.6 is 11.8 Å². The van der Waals surface area contributed by atoms with Crippen LogP contribution in [0.15, 0.2) is 48.5 Å². The Bertz CT molecular complexity index is 723. The normalized spacial score (nSPS) is 16.6. The molecule has 0 spiro atoms. The monoisotopic (exact) mass is 359 g/mol. The molecule has 6 heteroatoms. The molecule has 0 N–H and O–H groups in total. The molecule has 3 rings (SSSR count). The first-order valence-electron chi connectivity index (χ1n) is 8.04. The Hall–Kier alpha value is -2.34. The van der Waals surface area contributed by atoms with E-state index < -0.39 is 0 Å². The van der Waals surface area contributed by atoms with E-state index in [0.717, 1.165) is 22.8 Å². The van der Waals surface area contributed by atoms with Gasteiger partial charge in [-0.3, -0.25) is 4.79 Å². The molecule has 0 aliphatic carbocycles. The summed E-state index contributed by atoms with van der Waals surface area (Å²) in [5.74, 6) is 3.00. The lowest BCUT2D eigenvalue weighted by atomic mass is 10.1. The summed E-state index contributed by atoms with van der Waals surface area (Å²) in [6.07, 6.45) is 0. The summed E-state index contributed by atoms with van der Waals surface area (Å²) >= 11 is 1.73. The van der Waals surface area contributed by atoms with Crippen molar-refractivity contribution < 1.29 is 19.0 Å². The molecule has 0 radical (unpaired) electrons. The van der Waals surface area contributed by atoms with Crippen molar-refractivity contribution in [3.05, 3.63) is 54.1 Å². The molecule has 2 aromatic rings. The van der Waals surface area contributed by atoms with Crippen LogP contribution in [0.25, 0.3) is 0 Å². The molecule has 0 unspecified atom stereocenters. The van der Waals surface area contributed by atoms with Crippen molar-refractivity contribution in [2.45, 2.75) is 5.37 Å². The molecule has 1 aliphatic rings. The van der Waals surface area contributed by atoms with Crippen LogP contribution in [0, 0.1) is 0 Å². The molecule has 1 aliphatic heterocycles. The number of carbonyl (C=O) groups excluding carboxylic acids is 1. The molecule has 5 nitrogen and oxygen atoms in total. The van der Waals surface area contributed by atoms with Crippen molar-refractivity contribution in [2.75, 3.05) is 33.1 Å². The number of carbonyl (C=O) groups is 1. The first kappa shape index (κ1) is 17.5. The van der Waals surface area contributed by atoms with E-state index in [1.165, 1.54) is 0 Å². The van der Waals surface area contributed by atoms with Gasteiger partial charge in [-0.15, -0.1) is 11.8 Å². The lowest BCUT2D eigenvalue weighted by Crippen LogP contribution is -2.34. The standard InChI is InChI=1S/C19H21NO4S/c1-22-15-8-9-16(17(12-15)23-2)19-20(10-11-25-19)18(21)13-24-14-6-4-3-5-7-14/h3-9,12,19H,10-11,13H2,1-2H3/t19-/m1/s1. The van der Waals surface area contributed by atoms with Gasteiger partial charge in [0, 0.05) is 23.9 Å². The lowest BCUT2D eigenvalue weighted by Gasteiger charge is -2.25. The summed E-state index contributed by atoms with van der Waals surface area (Å²) in [6.45, 7) is 0.723. The number of amides is 1. The minimum Gasteiger partial charge on any atom is -0.497 e. The van der Waals surface area contributed by atoms with E-state index in [0.29, 0.717) is 12.3 Å². The van der Waals surface area contributed by atoms with Crippen molar-refractivity contribution in [2.24, 2.45) is 0 Å². The summed E-state index contributed by atoms with van der Waals surface area (Å²) in [5.41, 5.74) is 0.971. The van der Waals surface area contributed by atoms with Crippen LogP contribution in [0.4, 0.5) is 0 Å². The largest absolute Gasteiger partial charge is 0.497 e. The molecule has 1 heterocycles. The Morgan fingerprint density at radius 2 is 1.92 bits per heavy atom. The van der Waals surface area contributed by atoms with E-state index in [1.807, 2.05) is 53.4 Å². The van der Waals surface area contributed by atoms with Crippen molar-refractivity contribution >= 4 is 17.7 Å². The van der Waals surface area contributed by atoms with Gasteiger partial charge in [0.2, 0.25) is 0 Å². The Balaban J connectivity index is 1.73. The number of hydrogen-bond donors (Lipinski definition) is 0. The maximum atomic E-state index is 12.6. The predicted octanol–water partition coefficient (Wildman–Crippen LogP) is 3.36. The number of benzene rings is 2. The second-order valence-corrected chi connectivity index (χ2v) is 6.71. The van der Waals surface area contributed by atoms with Crippen molar-refractivity contribution in [3.8, 4) is 17.2 Å². The van der Waals surface area contributed by atoms with E-state index >= 15 is 0 Å². The zero-order chi connectivity index (χ0) is 17.6. The van der Waals surface area contributed by atoms with Crippen LogP contribution in [0.5, 0.6) is 17.2 Å². The summed E-state index contributed by atoms with van der Waals surface area (Å²) in [4.78, 5) is 14.5. The molecule has 25 heavy (non-hydrogen) atoms. The summed E-state index contributed by atoms with van der Waals surface area (Å²) in [5, 5.41) is -0.0762. The molecule has 2 aromatic carbocycles. The first-order valence-corrected chi connectivity index (χ1v) is 9.08. The Labute approximate surface area is 151 Å². The highest BCUT2D eigenvalue weighted by atomic mass is 32.2. The molecule has 0 aromatic heterocycles. The molecule has 1 atom stereocenters. The highest BCUT2D eigenvalue weighted by Crippen LogP contribution is 2.43. The Kier molecular flexibility index (Phi) is 5.71. The van der Waals surface area contributed by atoms with Gasteiger partial charge in [-0.1, -0.05) is 18.2 Å². The Morgan fingerprint density at radius 3 is 2.64 bits per heavy atom. The SMILES string of the molecule is COc1ccc([C@H]2SCCN2C(=O)COc2ccccc2)c(OC)c1. The fourth-order valence-corrected chi connectivity index (χ4v) is 4.05. The second-order valence-electron chi connectivity index (χ2n) is 5.52. The summed E-state index contributed by atoms with van der Waals surface area (Å²) < 4.78 is 16.3. The second kappa shape index (κ2) is 8.16. The van der Waals surface area contributed by atoms with Gasteiger partial charge in [0.05, 0.1) is 14.2 Å². The molecule has 1 fully saturated rings. The number of methoxy groups -OCH3 is 2. The van der Waals surface area contributed by atoms with Gasteiger partial charge in [-0.25, -0.2) is 0 Å². The van der Waals surface area contributed by atoms with Gasteiger partial charge >= 0.3 is 0 Å². The summed E-state index contributed by atoms with van der Waals surface area (Å²) in [7, 11) is 3.25. The van der Waals surface area contributed by atoms with E-state index in [2.05, 4.69) is 0 Å². The smallest absolute Gasteiger partial charge is 0.261 e. The van der Waals surface area contributed by atoms with Gasteiger partial charge in [0.15, 0.2) is 6.61 Å². The molecular formula is C19H21NO4S. The molecule has 0 bridgehead atoms. The maximum absolute atomic E-state index is 12.6. The number of rotatable bonds is 6. The van der Waals surface area contributed by atoms with Gasteiger partial charge < -0.3 is 19.1 Å². The highest BCUT2D eigenvalue weighted by molar-refractivity contribution is 7.99. The lowest BCUT2D eigenvalue weighted by molar-refractivity contribution is -0.133. The minimum absolute atomic E-state index is 0.0273. The van der Waals surface area contributed by atoms with Gasteiger partial charge in [-0.2, -0.15) is 0 Å². The Morgan fingerprint density at radius 1 is 1.12 bits per heavy atom. The van der Waals surface area contributed by atoms with Gasteiger partial charge in [-0.05, 0) is 24.3 Å². The fraction of sp³-hybridized carbons (Fsp3) is 0.316. The van der Waals surface area contributed by atoms with Crippen molar-refractivity contribution in [3.63, 3.8) is 0 Å². The van der Waals surface area contributed by atoms with Crippen LogP contribution in [0.3, 0.4) is 0 Å². The topological polar surface area (TPSA) is 48.0 Å². The van der Waals surface area contributed by atoms with Crippen LogP contribution in [-0.4, -0.2) is 43.9 Å². The average molecular weight is 359 g/mol. The zero-order valence-corrected chi connectivity index (χ0v) is 15.1. The first-order chi connectivity index (χ1) is 12.2. The predicted molar refractivity (Wildman–Crippen MR) is 98.4 cm³/mol. The van der Waals surface area contributed by atoms with Gasteiger partial charge in [0.25, 0.3) is 5.91 Å². The van der Waals surface area contributed by atoms with E-state index in [4.69, 9.17) is 14.2 Å². The third kappa shape index (κ3) is 4.02. The quantitative estimate of drug-likeness (QED) is 0.792. The van der Waals surface area contributed by atoms with E-state index in [9.17, 15) is 4.79 Å². The van der Waals surface area contributed by atoms with Crippen LogP contribution in [0.2, 0.25) is 0 Å². The third-order valence-electron chi connectivity index (χ3n) is 4.02. The zero-order valence-electron chi connectivity index (χ0n) is 14.3. The molecule has 1 amide bonds. The number of ether oxygens (including phenoxy) is 3. The van der Waals surface area contributed by atoms with Crippen LogP contribution in [0.1, 0.15) is 10.9 Å². The van der Waals surface area contributed by atoms with Crippen molar-refractivity contribution in [1.82, 2.24) is 4.90 Å². The number of para-hydroxylation sites is 1. The molecule has 0 saturated carbocycles. The fourth-order valence-electron chi connectivity index (χ4n) is 2.75. The molecule has 1 saturated heterocycles. The number of nitrogens with zero attached hydrogens (tertiary/aromatic N) is 1. The minimum atomic E-state index is -0.0762. The maximum Gasteiger partial charge on any atom is 0.261 e. The molecule has 132 valence electrons. The van der Waals surface area contributed by atoms with Crippen LogP contribution < -0.4 is 14.2 Å². The van der Waals surface area contributed by atoms with E-state index in [1.54, 1.807) is 26.0 Å². The highest BCUT2D eigenvalue weighted by Gasteiger charge is 2.32. The van der Waals surface area contributed by atoms with Crippen LogP contribution in [-0.2, 0) is 4.79 Å². The summed E-state index contributed by atoms with van der Waals surface area (Å²) in [6, 6.07) is 15.1. The average Bonchev–Trinajstić information content (AvgIpc) is 3.16. The van der Waals surface area contributed by atoms with Crippen molar-refractivity contribution in [1.29, 1.82) is 0 Å². The van der Waals surface area contributed by atoms with E-state index in [-0.39, 0.29) is 17.9 Å². The van der Waals surface area contributed by atoms with Gasteiger partial charge in [0.1, 0.15) is 22.6 Å². The molecular weight excluding hydrogens is 338 g/mol. The third-order valence-corrected chi connectivity index (χ3v) is 5.27. The number of hydrogen-bond acceptors (Lipinski definition) is 5.